The normalized spacial score (nSPS) is 22.5. The van der Waals surface area contributed by atoms with E-state index in [4.69, 9.17) is 0 Å². The Morgan fingerprint density at radius 3 is 3.00 bits per heavy atom. The third kappa shape index (κ3) is 2.65. The molecule has 0 aromatic carbocycles. The molecule has 0 aromatic rings. The fourth-order valence-corrected chi connectivity index (χ4v) is 1.35. The molecule has 0 amide bonds. The van der Waals surface area contributed by atoms with Gasteiger partial charge in [-0.1, -0.05) is 23.8 Å². The van der Waals surface area contributed by atoms with Gasteiger partial charge in [0, 0.05) is 12.3 Å². The molecule has 0 heterocycles. The van der Waals surface area contributed by atoms with Crippen LogP contribution in [0.15, 0.2) is 23.8 Å². The van der Waals surface area contributed by atoms with Gasteiger partial charge >= 0.3 is 0 Å². The first-order chi connectivity index (χ1) is 5.70. The van der Waals surface area contributed by atoms with E-state index in [-0.39, 0.29) is 5.92 Å². The summed E-state index contributed by atoms with van der Waals surface area (Å²) in [5.41, 5.74) is 1.29. The summed E-state index contributed by atoms with van der Waals surface area (Å²) in [5, 5.41) is 0. The largest absolute Gasteiger partial charge is 0.299 e. The molecule has 1 aliphatic carbocycles. The topological polar surface area (TPSA) is 17.1 Å². The predicted octanol–water partition coefficient (Wildman–Crippen LogP) is 2.88. The maximum absolute atomic E-state index is 11.3. The van der Waals surface area contributed by atoms with Gasteiger partial charge in [-0.25, -0.2) is 0 Å². The summed E-state index contributed by atoms with van der Waals surface area (Å²) >= 11 is 0. The van der Waals surface area contributed by atoms with Gasteiger partial charge in [0.05, 0.1) is 0 Å². The number of ketones is 1. The second-order valence-electron chi connectivity index (χ2n) is 3.56. The average Bonchev–Trinajstić information content (AvgIpc) is 2.03. The highest BCUT2D eigenvalue weighted by atomic mass is 16.1. The third-order valence-electron chi connectivity index (χ3n) is 2.12. The van der Waals surface area contributed by atoms with Crippen molar-refractivity contribution in [3.05, 3.63) is 23.8 Å². The minimum absolute atomic E-state index is 0.161. The summed E-state index contributed by atoms with van der Waals surface area (Å²) in [5.74, 6) is 0.559. The van der Waals surface area contributed by atoms with Gasteiger partial charge in [0.15, 0.2) is 0 Å². The van der Waals surface area contributed by atoms with E-state index >= 15 is 0 Å². The first-order valence-corrected chi connectivity index (χ1v) is 4.53. The molecule has 1 atom stereocenters. The van der Waals surface area contributed by atoms with E-state index in [0.29, 0.717) is 5.78 Å². The highest BCUT2D eigenvalue weighted by Gasteiger charge is 2.15. The van der Waals surface area contributed by atoms with Gasteiger partial charge in [-0.15, -0.1) is 0 Å². The highest BCUT2D eigenvalue weighted by Crippen LogP contribution is 2.17. The van der Waals surface area contributed by atoms with Crippen molar-refractivity contribution in [2.24, 2.45) is 5.92 Å². The molecule has 1 heteroatoms. The molecule has 66 valence electrons. The first-order valence-electron chi connectivity index (χ1n) is 4.53. The zero-order valence-corrected chi connectivity index (χ0v) is 7.84. The van der Waals surface area contributed by atoms with E-state index < -0.39 is 0 Å². The molecule has 0 saturated heterocycles. The zero-order chi connectivity index (χ0) is 8.97. The second kappa shape index (κ2) is 4.24. The Labute approximate surface area is 74.2 Å². The average molecular weight is 164 g/mol. The molecular formula is C11H16O. The van der Waals surface area contributed by atoms with Crippen molar-refractivity contribution >= 4 is 5.78 Å². The Kier molecular flexibility index (Phi) is 3.27. The lowest BCUT2D eigenvalue weighted by Gasteiger charge is -2.12. The molecule has 0 fully saturated rings. The lowest BCUT2D eigenvalue weighted by atomic mass is 9.91. The van der Waals surface area contributed by atoms with Crippen LogP contribution in [0.1, 0.15) is 33.1 Å². The standard InChI is InChI=1S/C11H16O/c1-9(2)7-8-10-5-3-4-6-11(10)12/h3,5,7,10H,4,6,8H2,1-2H3. The van der Waals surface area contributed by atoms with Gasteiger partial charge < -0.3 is 0 Å². The Hall–Kier alpha value is -0.850. The summed E-state index contributed by atoms with van der Waals surface area (Å²) in [4.78, 5) is 11.3. The highest BCUT2D eigenvalue weighted by molar-refractivity contribution is 5.83. The fourth-order valence-electron chi connectivity index (χ4n) is 1.35. The molecule has 1 nitrogen and oxygen atoms in total. The van der Waals surface area contributed by atoms with Crippen LogP contribution >= 0.6 is 0 Å². The van der Waals surface area contributed by atoms with Crippen LogP contribution in [0.4, 0.5) is 0 Å². The number of rotatable bonds is 2. The van der Waals surface area contributed by atoms with Crippen LogP contribution in [0.5, 0.6) is 0 Å². The van der Waals surface area contributed by atoms with E-state index in [9.17, 15) is 4.79 Å². The maximum Gasteiger partial charge on any atom is 0.140 e. The number of hydrogen-bond acceptors (Lipinski definition) is 1. The van der Waals surface area contributed by atoms with Crippen molar-refractivity contribution in [3.8, 4) is 0 Å². The second-order valence-corrected chi connectivity index (χ2v) is 3.56. The smallest absolute Gasteiger partial charge is 0.140 e. The molecule has 12 heavy (non-hydrogen) atoms. The Morgan fingerprint density at radius 1 is 1.67 bits per heavy atom. The summed E-state index contributed by atoms with van der Waals surface area (Å²) in [6.07, 6.45) is 8.86. The summed E-state index contributed by atoms with van der Waals surface area (Å²) in [6.45, 7) is 4.13. The van der Waals surface area contributed by atoms with Gasteiger partial charge in [-0.05, 0) is 26.7 Å². The van der Waals surface area contributed by atoms with Crippen LogP contribution in [-0.2, 0) is 4.79 Å². The van der Waals surface area contributed by atoms with Gasteiger partial charge in [0.2, 0.25) is 0 Å². The van der Waals surface area contributed by atoms with Crippen LogP contribution < -0.4 is 0 Å². The first kappa shape index (κ1) is 9.24. The molecule has 0 saturated carbocycles. The lowest BCUT2D eigenvalue weighted by molar-refractivity contribution is -0.121. The zero-order valence-electron chi connectivity index (χ0n) is 7.84. The summed E-state index contributed by atoms with van der Waals surface area (Å²) < 4.78 is 0. The Balaban J connectivity index is 2.50. The van der Waals surface area contributed by atoms with E-state index in [0.717, 1.165) is 19.3 Å². The van der Waals surface area contributed by atoms with Crippen LogP contribution in [0.2, 0.25) is 0 Å². The molecule has 1 unspecified atom stereocenters. The summed E-state index contributed by atoms with van der Waals surface area (Å²) in [7, 11) is 0. The Morgan fingerprint density at radius 2 is 2.42 bits per heavy atom. The van der Waals surface area contributed by atoms with Gasteiger partial charge in [0.1, 0.15) is 5.78 Å². The quantitative estimate of drug-likeness (QED) is 0.573. The molecule has 0 spiro atoms. The molecule has 0 aromatic heterocycles. The maximum atomic E-state index is 11.3. The number of hydrogen-bond donors (Lipinski definition) is 0. The summed E-state index contributed by atoms with van der Waals surface area (Å²) in [6, 6.07) is 0. The van der Waals surface area contributed by atoms with Crippen LogP contribution in [0.3, 0.4) is 0 Å². The Bertz CT molecular complexity index is 219. The van der Waals surface area contributed by atoms with Gasteiger partial charge in [0.25, 0.3) is 0 Å². The number of allylic oxidation sites excluding steroid dienone is 4. The van der Waals surface area contributed by atoms with E-state index in [1.807, 2.05) is 6.08 Å². The number of carbonyl (C=O) groups is 1. The fraction of sp³-hybridized carbons (Fsp3) is 0.545. The molecular weight excluding hydrogens is 148 g/mol. The van der Waals surface area contributed by atoms with Crippen molar-refractivity contribution in [3.63, 3.8) is 0 Å². The number of carbonyl (C=O) groups excluding carboxylic acids is 1. The van der Waals surface area contributed by atoms with Crippen LogP contribution in [-0.4, -0.2) is 5.78 Å². The third-order valence-corrected chi connectivity index (χ3v) is 2.12. The SMILES string of the molecule is CC(C)=CCC1C=CCCC1=O. The van der Waals surface area contributed by atoms with Crippen LogP contribution in [0, 0.1) is 5.92 Å². The molecule has 0 bridgehead atoms. The van der Waals surface area contributed by atoms with Crippen molar-refractivity contribution in [2.75, 3.05) is 0 Å². The predicted molar refractivity (Wildman–Crippen MR) is 50.9 cm³/mol. The minimum atomic E-state index is 0.161. The van der Waals surface area contributed by atoms with Crippen molar-refractivity contribution in [1.29, 1.82) is 0 Å². The van der Waals surface area contributed by atoms with E-state index in [1.165, 1.54) is 5.57 Å². The molecule has 1 aliphatic rings. The van der Waals surface area contributed by atoms with Crippen LogP contribution in [0.25, 0.3) is 0 Å². The van der Waals surface area contributed by atoms with Gasteiger partial charge in [-0.2, -0.15) is 0 Å². The van der Waals surface area contributed by atoms with Gasteiger partial charge in [-0.3, -0.25) is 4.79 Å². The van der Waals surface area contributed by atoms with E-state index in [2.05, 4.69) is 26.0 Å². The van der Waals surface area contributed by atoms with Crippen molar-refractivity contribution < 1.29 is 4.79 Å². The monoisotopic (exact) mass is 164 g/mol. The molecule has 0 aliphatic heterocycles. The van der Waals surface area contributed by atoms with E-state index in [1.54, 1.807) is 0 Å². The number of Topliss-reactive ketones (excluding diaryl/α,β-unsaturated/α-hetero) is 1. The molecule has 0 radical (unpaired) electrons. The molecule has 1 rings (SSSR count). The molecule has 0 N–H and O–H groups in total. The minimum Gasteiger partial charge on any atom is -0.299 e. The lowest BCUT2D eigenvalue weighted by Crippen LogP contribution is -2.13. The van der Waals surface area contributed by atoms with Crippen molar-refractivity contribution in [2.45, 2.75) is 33.1 Å². The van der Waals surface area contributed by atoms with Crippen molar-refractivity contribution in [1.82, 2.24) is 0 Å².